The Hall–Kier alpha value is -0.690. The van der Waals surface area contributed by atoms with Crippen LogP contribution in [0.5, 0.6) is 0 Å². The molecule has 1 fully saturated rings. The zero-order valence-electron chi connectivity index (χ0n) is 9.01. The van der Waals surface area contributed by atoms with Gasteiger partial charge in [0.1, 0.15) is 0 Å². The Balaban J connectivity index is 1.81. The molecule has 0 bridgehead atoms. The van der Waals surface area contributed by atoms with Crippen LogP contribution in [0, 0.1) is 5.92 Å². The van der Waals surface area contributed by atoms with Crippen LogP contribution in [0.2, 0.25) is 5.02 Å². The van der Waals surface area contributed by atoms with Crippen molar-refractivity contribution in [1.29, 1.82) is 0 Å². The fourth-order valence-corrected chi connectivity index (χ4v) is 2.44. The lowest BCUT2D eigenvalue weighted by Crippen LogP contribution is -2.16. The first-order valence-corrected chi connectivity index (χ1v) is 6.22. The van der Waals surface area contributed by atoms with Crippen molar-refractivity contribution in [1.82, 2.24) is 0 Å². The lowest BCUT2D eigenvalue weighted by Gasteiger charge is -2.22. The number of nitrogens with one attached hydrogen (secondary N) is 1. The fourth-order valence-electron chi connectivity index (χ4n) is 2.25. The molecule has 1 aromatic carbocycles. The molecular weight excluding hydrogens is 206 g/mol. The van der Waals surface area contributed by atoms with Crippen LogP contribution in [0.4, 0.5) is 5.69 Å². The molecule has 0 saturated heterocycles. The predicted octanol–water partition coefficient (Wildman–Crippen LogP) is 4.33. The second-order valence-corrected chi connectivity index (χ2v) is 4.83. The number of halogens is 1. The summed E-state index contributed by atoms with van der Waals surface area (Å²) < 4.78 is 0. The standard InChI is InChI=1S/C13H18ClN/c14-12-7-4-8-13(9-12)15-10-11-5-2-1-3-6-11/h4,7-9,11,15H,1-3,5-6,10H2. The highest BCUT2D eigenvalue weighted by Gasteiger charge is 2.12. The molecule has 0 unspecified atom stereocenters. The van der Waals surface area contributed by atoms with Gasteiger partial charge >= 0.3 is 0 Å². The van der Waals surface area contributed by atoms with E-state index in [4.69, 9.17) is 11.6 Å². The quantitative estimate of drug-likeness (QED) is 0.804. The molecular formula is C13H18ClN. The third kappa shape index (κ3) is 3.42. The molecule has 2 heteroatoms. The van der Waals surface area contributed by atoms with E-state index in [1.165, 1.54) is 32.1 Å². The molecule has 1 aliphatic carbocycles. The van der Waals surface area contributed by atoms with Crippen molar-refractivity contribution in [3.05, 3.63) is 29.3 Å². The van der Waals surface area contributed by atoms with Gasteiger partial charge in [0.05, 0.1) is 0 Å². The Bertz CT molecular complexity index is 305. The maximum absolute atomic E-state index is 5.93. The Labute approximate surface area is 96.8 Å². The van der Waals surface area contributed by atoms with Crippen LogP contribution in [0.1, 0.15) is 32.1 Å². The van der Waals surface area contributed by atoms with Gasteiger partial charge in [0.15, 0.2) is 0 Å². The average molecular weight is 224 g/mol. The molecule has 1 aliphatic rings. The van der Waals surface area contributed by atoms with Crippen LogP contribution < -0.4 is 5.32 Å². The summed E-state index contributed by atoms with van der Waals surface area (Å²) in [5, 5.41) is 4.28. The first-order valence-electron chi connectivity index (χ1n) is 5.84. The largest absolute Gasteiger partial charge is 0.385 e. The van der Waals surface area contributed by atoms with Crippen LogP contribution in [-0.2, 0) is 0 Å². The molecule has 1 N–H and O–H groups in total. The minimum Gasteiger partial charge on any atom is -0.385 e. The van der Waals surface area contributed by atoms with Crippen LogP contribution in [0.25, 0.3) is 0 Å². The van der Waals surface area contributed by atoms with Gasteiger partial charge in [-0.15, -0.1) is 0 Å². The van der Waals surface area contributed by atoms with E-state index in [1.54, 1.807) is 0 Å². The Kier molecular flexibility index (Phi) is 3.90. The van der Waals surface area contributed by atoms with Crippen molar-refractivity contribution in [3.63, 3.8) is 0 Å². The highest BCUT2D eigenvalue weighted by atomic mass is 35.5. The van der Waals surface area contributed by atoms with E-state index in [0.29, 0.717) is 0 Å². The molecule has 0 spiro atoms. The summed E-state index contributed by atoms with van der Waals surface area (Å²) in [6, 6.07) is 7.97. The Morgan fingerprint density at radius 2 is 2.00 bits per heavy atom. The van der Waals surface area contributed by atoms with Gasteiger partial charge in [-0.2, -0.15) is 0 Å². The van der Waals surface area contributed by atoms with Gasteiger partial charge in [-0.3, -0.25) is 0 Å². The maximum atomic E-state index is 5.93. The molecule has 0 aromatic heterocycles. The van der Waals surface area contributed by atoms with E-state index >= 15 is 0 Å². The van der Waals surface area contributed by atoms with E-state index < -0.39 is 0 Å². The maximum Gasteiger partial charge on any atom is 0.0426 e. The molecule has 0 radical (unpaired) electrons. The third-order valence-corrected chi connectivity index (χ3v) is 3.38. The summed E-state index contributed by atoms with van der Waals surface area (Å²) in [7, 11) is 0. The van der Waals surface area contributed by atoms with Gasteiger partial charge in [-0.25, -0.2) is 0 Å². The second-order valence-electron chi connectivity index (χ2n) is 4.40. The van der Waals surface area contributed by atoms with Gasteiger partial charge in [-0.05, 0) is 37.0 Å². The number of hydrogen-bond donors (Lipinski definition) is 1. The summed E-state index contributed by atoms with van der Waals surface area (Å²) in [5.74, 6) is 0.859. The minimum atomic E-state index is 0.809. The summed E-state index contributed by atoms with van der Waals surface area (Å²) >= 11 is 5.93. The van der Waals surface area contributed by atoms with Crippen LogP contribution >= 0.6 is 11.6 Å². The van der Waals surface area contributed by atoms with Crippen molar-refractivity contribution < 1.29 is 0 Å². The van der Waals surface area contributed by atoms with Crippen molar-refractivity contribution in [2.75, 3.05) is 11.9 Å². The van der Waals surface area contributed by atoms with Crippen molar-refractivity contribution in [2.24, 2.45) is 5.92 Å². The Morgan fingerprint density at radius 3 is 2.73 bits per heavy atom. The molecule has 1 saturated carbocycles. The molecule has 15 heavy (non-hydrogen) atoms. The highest BCUT2D eigenvalue weighted by Crippen LogP contribution is 2.24. The first-order chi connectivity index (χ1) is 7.34. The lowest BCUT2D eigenvalue weighted by atomic mass is 9.89. The number of rotatable bonds is 3. The van der Waals surface area contributed by atoms with Crippen molar-refractivity contribution in [3.8, 4) is 0 Å². The number of anilines is 1. The molecule has 0 aliphatic heterocycles. The topological polar surface area (TPSA) is 12.0 Å². The van der Waals surface area contributed by atoms with E-state index in [2.05, 4.69) is 11.4 Å². The fraction of sp³-hybridized carbons (Fsp3) is 0.538. The van der Waals surface area contributed by atoms with E-state index in [0.717, 1.165) is 23.2 Å². The molecule has 0 heterocycles. The molecule has 1 nitrogen and oxygen atoms in total. The van der Waals surface area contributed by atoms with Crippen molar-refractivity contribution in [2.45, 2.75) is 32.1 Å². The molecule has 2 rings (SSSR count). The third-order valence-electron chi connectivity index (χ3n) is 3.14. The van der Waals surface area contributed by atoms with Gasteiger partial charge < -0.3 is 5.32 Å². The predicted molar refractivity (Wildman–Crippen MR) is 66.5 cm³/mol. The summed E-state index contributed by atoms with van der Waals surface area (Å²) in [5.41, 5.74) is 1.15. The lowest BCUT2D eigenvalue weighted by molar-refractivity contribution is 0.373. The Morgan fingerprint density at radius 1 is 1.20 bits per heavy atom. The van der Waals surface area contributed by atoms with E-state index in [1.807, 2.05) is 18.2 Å². The monoisotopic (exact) mass is 223 g/mol. The minimum absolute atomic E-state index is 0.809. The van der Waals surface area contributed by atoms with Crippen LogP contribution in [0.3, 0.4) is 0 Å². The average Bonchev–Trinajstić information content (AvgIpc) is 2.28. The van der Waals surface area contributed by atoms with E-state index in [9.17, 15) is 0 Å². The van der Waals surface area contributed by atoms with Gasteiger partial charge in [-0.1, -0.05) is 36.9 Å². The highest BCUT2D eigenvalue weighted by molar-refractivity contribution is 6.30. The second kappa shape index (κ2) is 5.41. The van der Waals surface area contributed by atoms with Crippen molar-refractivity contribution >= 4 is 17.3 Å². The normalized spacial score (nSPS) is 17.7. The van der Waals surface area contributed by atoms with Gasteiger partial charge in [0.25, 0.3) is 0 Å². The van der Waals surface area contributed by atoms with E-state index in [-0.39, 0.29) is 0 Å². The first kappa shape index (κ1) is 10.8. The number of benzene rings is 1. The van der Waals surface area contributed by atoms with Crippen LogP contribution in [0.15, 0.2) is 24.3 Å². The smallest absolute Gasteiger partial charge is 0.0426 e. The molecule has 0 atom stereocenters. The zero-order chi connectivity index (χ0) is 10.5. The van der Waals surface area contributed by atoms with Gasteiger partial charge in [0, 0.05) is 17.3 Å². The number of hydrogen-bond acceptors (Lipinski definition) is 1. The SMILES string of the molecule is Clc1cccc(NCC2CCCCC2)c1. The summed E-state index contributed by atoms with van der Waals surface area (Å²) in [4.78, 5) is 0. The summed E-state index contributed by atoms with van der Waals surface area (Å²) in [6.45, 7) is 1.10. The van der Waals surface area contributed by atoms with Crippen LogP contribution in [-0.4, -0.2) is 6.54 Å². The van der Waals surface area contributed by atoms with Gasteiger partial charge in [0.2, 0.25) is 0 Å². The molecule has 82 valence electrons. The summed E-state index contributed by atoms with van der Waals surface area (Å²) in [6.07, 6.45) is 7.00. The molecule has 0 amide bonds. The zero-order valence-corrected chi connectivity index (χ0v) is 9.76. The molecule has 1 aromatic rings.